The van der Waals surface area contributed by atoms with E-state index >= 15 is 0 Å². The van der Waals surface area contributed by atoms with Crippen molar-refractivity contribution in [2.24, 2.45) is 11.3 Å². The summed E-state index contributed by atoms with van der Waals surface area (Å²) in [6, 6.07) is 13.4. The molecule has 3 aliphatic heterocycles. The van der Waals surface area contributed by atoms with Gasteiger partial charge >= 0.3 is 0 Å². The molecule has 7 heteroatoms. The largest absolute Gasteiger partial charge is 0.497 e. The van der Waals surface area contributed by atoms with Gasteiger partial charge in [-0.1, -0.05) is 0 Å². The number of benzene rings is 2. The number of amides is 1. The Morgan fingerprint density at radius 3 is 2.44 bits per heavy atom. The van der Waals surface area contributed by atoms with Gasteiger partial charge in [0.05, 0.1) is 26.4 Å². The van der Waals surface area contributed by atoms with Crippen LogP contribution in [0.3, 0.4) is 0 Å². The second kappa shape index (κ2) is 9.94. The normalized spacial score (nSPS) is 23.8. The van der Waals surface area contributed by atoms with Crippen molar-refractivity contribution < 1.29 is 28.5 Å². The molecule has 2 fully saturated rings. The number of likely N-dealkylation sites (tertiary alicyclic amines) is 1. The first-order chi connectivity index (χ1) is 17.3. The summed E-state index contributed by atoms with van der Waals surface area (Å²) < 4.78 is 29.2. The minimum atomic E-state index is -0.334. The number of carbonyl (C=O) groups excluding carboxylic acids is 1. The summed E-state index contributed by atoms with van der Waals surface area (Å²) in [6.07, 6.45) is 2.88. The Morgan fingerprint density at radius 2 is 1.75 bits per heavy atom. The fourth-order valence-corrected chi connectivity index (χ4v) is 5.91. The molecule has 0 saturated carbocycles. The molecule has 0 unspecified atom stereocenters. The van der Waals surface area contributed by atoms with E-state index in [0.29, 0.717) is 25.4 Å². The summed E-state index contributed by atoms with van der Waals surface area (Å²) in [7, 11) is 3.33. The van der Waals surface area contributed by atoms with Gasteiger partial charge in [0.1, 0.15) is 29.5 Å². The molecular formula is C29H37NO6. The summed E-state index contributed by atoms with van der Waals surface area (Å²) in [5.41, 5.74) is 1.50. The maximum atomic E-state index is 13.2. The Hall–Kier alpha value is -2.77. The lowest BCUT2D eigenvalue weighted by Gasteiger charge is -2.54. The predicted molar refractivity (Wildman–Crippen MR) is 136 cm³/mol. The van der Waals surface area contributed by atoms with Crippen molar-refractivity contribution in [3.8, 4) is 17.2 Å². The number of fused-ring (bicyclic) bond motifs is 3. The minimum Gasteiger partial charge on any atom is -0.497 e. The van der Waals surface area contributed by atoms with E-state index in [9.17, 15) is 4.79 Å². The van der Waals surface area contributed by atoms with E-state index in [1.807, 2.05) is 41.3 Å². The van der Waals surface area contributed by atoms with Gasteiger partial charge in [0.15, 0.2) is 0 Å². The average Bonchev–Trinajstić information content (AvgIpc) is 2.89. The molecule has 3 aliphatic rings. The van der Waals surface area contributed by atoms with Crippen LogP contribution in [0.2, 0.25) is 0 Å². The molecule has 0 radical (unpaired) electrons. The third kappa shape index (κ3) is 4.78. The smallest absolute Gasteiger partial charge is 0.253 e. The standard InChI is InChI=1S/C29H37NO6/c1-28(2)24-18-29(19-35-26(24)23-17-22(33-4)9-10-25(23)36-28)11-13-30(14-12-29)27(31)20-5-7-21(8-6-20)34-16-15-32-3/h5-10,17,24,26H,11-16,18-19H2,1-4H3/t24-,26+/m0/s1. The molecule has 3 heterocycles. The Balaban J connectivity index is 1.23. The molecule has 0 N–H and O–H groups in total. The zero-order valence-corrected chi connectivity index (χ0v) is 21.7. The van der Waals surface area contributed by atoms with E-state index in [2.05, 4.69) is 19.9 Å². The fraction of sp³-hybridized carbons (Fsp3) is 0.552. The summed E-state index contributed by atoms with van der Waals surface area (Å²) >= 11 is 0. The maximum absolute atomic E-state index is 13.2. The topological polar surface area (TPSA) is 66.5 Å². The van der Waals surface area contributed by atoms with Crippen LogP contribution in [0.4, 0.5) is 0 Å². The summed E-state index contributed by atoms with van der Waals surface area (Å²) in [6.45, 7) is 7.53. The predicted octanol–water partition coefficient (Wildman–Crippen LogP) is 4.89. The van der Waals surface area contributed by atoms with E-state index in [4.69, 9.17) is 23.7 Å². The second-order valence-corrected chi connectivity index (χ2v) is 10.8. The van der Waals surface area contributed by atoms with Crippen LogP contribution in [0.15, 0.2) is 42.5 Å². The Labute approximate surface area is 213 Å². The number of hydrogen-bond donors (Lipinski definition) is 0. The third-order valence-electron chi connectivity index (χ3n) is 8.15. The molecule has 1 spiro atoms. The van der Waals surface area contributed by atoms with Crippen molar-refractivity contribution in [2.75, 3.05) is 47.1 Å². The van der Waals surface area contributed by atoms with E-state index in [-0.39, 0.29) is 28.9 Å². The monoisotopic (exact) mass is 495 g/mol. The van der Waals surface area contributed by atoms with Crippen LogP contribution in [0.5, 0.6) is 17.2 Å². The molecule has 7 nitrogen and oxygen atoms in total. The number of rotatable bonds is 6. The molecule has 36 heavy (non-hydrogen) atoms. The number of ether oxygens (including phenoxy) is 5. The second-order valence-electron chi connectivity index (χ2n) is 10.8. The lowest BCUT2D eigenvalue weighted by Crippen LogP contribution is -2.54. The van der Waals surface area contributed by atoms with Crippen LogP contribution in [0.1, 0.15) is 55.1 Å². The number of methoxy groups -OCH3 is 2. The summed E-state index contributed by atoms with van der Waals surface area (Å²) in [4.78, 5) is 15.1. The van der Waals surface area contributed by atoms with Gasteiger partial charge in [-0.05, 0) is 81.0 Å². The van der Waals surface area contributed by atoms with Crippen molar-refractivity contribution in [1.82, 2.24) is 4.90 Å². The van der Waals surface area contributed by atoms with Gasteiger partial charge in [0.25, 0.3) is 5.91 Å². The van der Waals surface area contributed by atoms with Gasteiger partial charge in [-0.25, -0.2) is 0 Å². The third-order valence-corrected chi connectivity index (χ3v) is 8.15. The zero-order chi connectivity index (χ0) is 25.3. The number of hydrogen-bond acceptors (Lipinski definition) is 6. The molecular weight excluding hydrogens is 458 g/mol. The van der Waals surface area contributed by atoms with Crippen molar-refractivity contribution >= 4 is 5.91 Å². The molecule has 194 valence electrons. The number of piperidine rings is 1. The van der Waals surface area contributed by atoms with Crippen LogP contribution in [0.25, 0.3) is 0 Å². The Morgan fingerprint density at radius 1 is 1.03 bits per heavy atom. The van der Waals surface area contributed by atoms with Crippen LogP contribution in [-0.2, 0) is 9.47 Å². The highest BCUT2D eigenvalue weighted by atomic mass is 16.5. The van der Waals surface area contributed by atoms with Crippen LogP contribution in [0, 0.1) is 11.3 Å². The summed E-state index contributed by atoms with van der Waals surface area (Å²) in [5.74, 6) is 2.75. The van der Waals surface area contributed by atoms with Gasteiger partial charge in [-0.3, -0.25) is 4.79 Å². The molecule has 0 aromatic heterocycles. The zero-order valence-electron chi connectivity index (χ0n) is 21.7. The first-order valence-corrected chi connectivity index (χ1v) is 12.8. The molecule has 2 saturated heterocycles. The van der Waals surface area contributed by atoms with Gasteiger partial charge in [-0.2, -0.15) is 0 Å². The molecule has 0 aliphatic carbocycles. The molecule has 5 rings (SSSR count). The highest BCUT2D eigenvalue weighted by Gasteiger charge is 2.53. The first-order valence-electron chi connectivity index (χ1n) is 12.8. The van der Waals surface area contributed by atoms with E-state index in [0.717, 1.165) is 55.2 Å². The lowest BCUT2D eigenvalue weighted by molar-refractivity contribution is -0.173. The van der Waals surface area contributed by atoms with Crippen LogP contribution >= 0.6 is 0 Å². The van der Waals surface area contributed by atoms with Gasteiger partial charge in [0, 0.05) is 37.2 Å². The number of carbonyl (C=O) groups is 1. The summed E-state index contributed by atoms with van der Waals surface area (Å²) in [5, 5.41) is 0. The lowest BCUT2D eigenvalue weighted by atomic mass is 9.64. The van der Waals surface area contributed by atoms with Gasteiger partial charge in [0.2, 0.25) is 0 Å². The molecule has 0 bridgehead atoms. The van der Waals surface area contributed by atoms with Crippen molar-refractivity contribution in [3.63, 3.8) is 0 Å². The SMILES string of the molecule is COCCOc1ccc(C(=O)N2CCC3(CC2)CO[C@@H]2c4cc(OC)ccc4OC(C)(C)[C@H]2C3)cc1. The van der Waals surface area contributed by atoms with E-state index in [1.165, 1.54) is 0 Å². The van der Waals surface area contributed by atoms with Gasteiger partial charge < -0.3 is 28.6 Å². The Bertz CT molecular complexity index is 1070. The average molecular weight is 496 g/mol. The first kappa shape index (κ1) is 24.9. The molecule has 2 atom stereocenters. The molecule has 2 aromatic rings. The van der Waals surface area contributed by atoms with Crippen LogP contribution < -0.4 is 14.2 Å². The quantitative estimate of drug-likeness (QED) is 0.532. The molecule has 1 amide bonds. The van der Waals surface area contributed by atoms with Crippen molar-refractivity contribution in [1.29, 1.82) is 0 Å². The number of nitrogens with zero attached hydrogens (tertiary/aromatic N) is 1. The van der Waals surface area contributed by atoms with Crippen molar-refractivity contribution in [3.05, 3.63) is 53.6 Å². The van der Waals surface area contributed by atoms with Crippen LogP contribution in [-0.4, -0.2) is 63.5 Å². The molecule has 2 aromatic carbocycles. The Kier molecular flexibility index (Phi) is 6.88. The maximum Gasteiger partial charge on any atom is 0.253 e. The van der Waals surface area contributed by atoms with Gasteiger partial charge in [-0.15, -0.1) is 0 Å². The fourth-order valence-electron chi connectivity index (χ4n) is 5.91. The minimum absolute atomic E-state index is 0.00578. The highest BCUT2D eigenvalue weighted by Crippen LogP contribution is 2.56. The van der Waals surface area contributed by atoms with Crippen molar-refractivity contribution in [2.45, 2.75) is 44.8 Å². The van der Waals surface area contributed by atoms with E-state index in [1.54, 1.807) is 14.2 Å². The highest BCUT2D eigenvalue weighted by molar-refractivity contribution is 5.94. The van der Waals surface area contributed by atoms with E-state index < -0.39 is 0 Å².